The molecule has 1 aromatic rings. The lowest BCUT2D eigenvalue weighted by Crippen LogP contribution is -1.99. The molecule has 0 bridgehead atoms. The fourth-order valence-corrected chi connectivity index (χ4v) is 1.04. The lowest BCUT2D eigenvalue weighted by atomic mass is 10.1. The van der Waals surface area contributed by atoms with E-state index in [1.807, 2.05) is 60.7 Å². The molecule has 0 aliphatic carbocycles. The van der Waals surface area contributed by atoms with Gasteiger partial charge in [-0.15, -0.1) is 0 Å². The maximum Gasteiger partial charge on any atom is 0.0957 e. The Balaban J connectivity index is 0. The summed E-state index contributed by atoms with van der Waals surface area (Å²) in [6, 6.07) is 1.95. The fourth-order valence-electron chi connectivity index (χ4n) is 1.04. The Kier molecular flexibility index (Phi) is 11.6. The maximum absolute atomic E-state index is 9.48. The largest absolute Gasteiger partial charge is 0.387 e. The molecule has 2 heteroatoms. The molecule has 0 fully saturated rings. The molecule has 1 atom stereocenters. The Labute approximate surface area is 101 Å². The van der Waals surface area contributed by atoms with Crippen LogP contribution in [0.2, 0.25) is 0 Å². The van der Waals surface area contributed by atoms with Crippen LogP contribution in [0.15, 0.2) is 12.3 Å². The van der Waals surface area contributed by atoms with Gasteiger partial charge in [0.15, 0.2) is 0 Å². The number of aryl methyl sites for hydroxylation is 2. The number of aliphatic hydroxyl groups is 1. The van der Waals surface area contributed by atoms with E-state index < -0.39 is 6.10 Å². The van der Waals surface area contributed by atoms with E-state index in [0.717, 1.165) is 12.1 Å². The summed E-state index contributed by atoms with van der Waals surface area (Å²) >= 11 is 0. The van der Waals surface area contributed by atoms with Crippen LogP contribution in [0.3, 0.4) is 0 Å². The smallest absolute Gasteiger partial charge is 0.0957 e. The maximum atomic E-state index is 9.48. The summed E-state index contributed by atoms with van der Waals surface area (Å²) in [4.78, 5) is 4.16. The van der Waals surface area contributed by atoms with Crippen molar-refractivity contribution in [3.63, 3.8) is 0 Å². The number of aromatic nitrogens is 1. The lowest BCUT2D eigenvalue weighted by Gasteiger charge is -2.08. The van der Waals surface area contributed by atoms with E-state index in [1.54, 1.807) is 0 Å². The molecule has 0 aliphatic rings. The SMILES string of the molecule is CC.CC.CCC(O)c1cc(C)c(C)cn1. The van der Waals surface area contributed by atoms with Crippen LogP contribution in [0.25, 0.3) is 0 Å². The van der Waals surface area contributed by atoms with Crippen LogP contribution in [-0.4, -0.2) is 10.1 Å². The van der Waals surface area contributed by atoms with Crippen molar-refractivity contribution in [3.05, 3.63) is 29.1 Å². The standard InChI is InChI=1S/C10H15NO.2C2H6/c1-4-10(12)9-5-7(2)8(3)6-11-9;2*1-2/h5-6,10,12H,4H2,1-3H3;2*1-2H3. The van der Waals surface area contributed by atoms with Gasteiger partial charge >= 0.3 is 0 Å². The number of hydrogen-bond acceptors (Lipinski definition) is 2. The molecule has 0 aliphatic heterocycles. The van der Waals surface area contributed by atoms with Crippen molar-refractivity contribution < 1.29 is 5.11 Å². The van der Waals surface area contributed by atoms with E-state index in [9.17, 15) is 5.11 Å². The quantitative estimate of drug-likeness (QED) is 0.818. The molecule has 2 nitrogen and oxygen atoms in total. The first-order valence-corrected chi connectivity index (χ1v) is 6.26. The highest BCUT2D eigenvalue weighted by Crippen LogP contribution is 2.15. The Morgan fingerprint density at radius 2 is 1.62 bits per heavy atom. The van der Waals surface area contributed by atoms with Crippen molar-refractivity contribution in [2.75, 3.05) is 0 Å². The first-order valence-electron chi connectivity index (χ1n) is 6.26. The Morgan fingerprint density at radius 3 is 2.00 bits per heavy atom. The molecular formula is C14H27NO. The van der Waals surface area contributed by atoms with E-state index in [2.05, 4.69) is 4.98 Å². The third kappa shape index (κ3) is 5.86. The van der Waals surface area contributed by atoms with Crippen LogP contribution in [0.5, 0.6) is 0 Å². The highest BCUT2D eigenvalue weighted by Gasteiger charge is 2.06. The predicted molar refractivity (Wildman–Crippen MR) is 71.7 cm³/mol. The second-order valence-electron chi connectivity index (χ2n) is 3.12. The van der Waals surface area contributed by atoms with E-state index >= 15 is 0 Å². The molecule has 1 aromatic heterocycles. The Morgan fingerprint density at radius 1 is 1.12 bits per heavy atom. The molecule has 0 spiro atoms. The second kappa shape index (κ2) is 10.6. The summed E-state index contributed by atoms with van der Waals surface area (Å²) in [5.74, 6) is 0. The summed E-state index contributed by atoms with van der Waals surface area (Å²) in [5, 5.41) is 9.48. The van der Waals surface area contributed by atoms with Crippen molar-refractivity contribution in [3.8, 4) is 0 Å². The molecule has 94 valence electrons. The minimum absolute atomic E-state index is 0.413. The van der Waals surface area contributed by atoms with Gasteiger partial charge < -0.3 is 5.11 Å². The van der Waals surface area contributed by atoms with Gasteiger partial charge in [0.05, 0.1) is 11.8 Å². The van der Waals surface area contributed by atoms with Crippen LogP contribution in [0.1, 0.15) is 64.0 Å². The van der Waals surface area contributed by atoms with Crippen molar-refractivity contribution in [2.24, 2.45) is 0 Å². The molecule has 0 amide bonds. The van der Waals surface area contributed by atoms with Gasteiger partial charge in [-0.3, -0.25) is 4.98 Å². The summed E-state index contributed by atoms with van der Waals surface area (Å²) in [7, 11) is 0. The zero-order chi connectivity index (χ0) is 13.1. The van der Waals surface area contributed by atoms with Crippen molar-refractivity contribution in [1.82, 2.24) is 4.98 Å². The third-order valence-electron chi connectivity index (χ3n) is 2.12. The van der Waals surface area contributed by atoms with Gasteiger partial charge in [-0.25, -0.2) is 0 Å². The average molecular weight is 225 g/mol. The van der Waals surface area contributed by atoms with Crippen LogP contribution in [0, 0.1) is 13.8 Å². The monoisotopic (exact) mass is 225 g/mol. The van der Waals surface area contributed by atoms with Gasteiger partial charge in [0.1, 0.15) is 0 Å². The molecule has 0 saturated heterocycles. The van der Waals surface area contributed by atoms with Gasteiger partial charge in [0.2, 0.25) is 0 Å². The summed E-state index contributed by atoms with van der Waals surface area (Å²) in [5.41, 5.74) is 3.13. The topological polar surface area (TPSA) is 33.1 Å². The third-order valence-corrected chi connectivity index (χ3v) is 2.12. The summed E-state index contributed by atoms with van der Waals surface area (Å²) in [6.45, 7) is 14.0. The van der Waals surface area contributed by atoms with E-state index in [1.165, 1.54) is 11.1 Å². The normalized spacial score (nSPS) is 10.5. The highest BCUT2D eigenvalue weighted by atomic mass is 16.3. The molecular weight excluding hydrogens is 198 g/mol. The molecule has 1 rings (SSSR count). The number of pyridine rings is 1. The zero-order valence-corrected chi connectivity index (χ0v) is 11.8. The Hall–Kier alpha value is -0.890. The highest BCUT2D eigenvalue weighted by molar-refractivity contribution is 5.24. The van der Waals surface area contributed by atoms with Crippen LogP contribution in [-0.2, 0) is 0 Å². The van der Waals surface area contributed by atoms with Crippen LogP contribution < -0.4 is 0 Å². The number of rotatable bonds is 2. The van der Waals surface area contributed by atoms with Crippen molar-refractivity contribution >= 4 is 0 Å². The van der Waals surface area contributed by atoms with E-state index in [4.69, 9.17) is 0 Å². The number of hydrogen-bond donors (Lipinski definition) is 1. The van der Waals surface area contributed by atoms with Gasteiger partial charge in [0, 0.05) is 6.20 Å². The molecule has 16 heavy (non-hydrogen) atoms. The van der Waals surface area contributed by atoms with Crippen LogP contribution >= 0.6 is 0 Å². The fraction of sp³-hybridized carbons (Fsp3) is 0.643. The van der Waals surface area contributed by atoms with Crippen LogP contribution in [0.4, 0.5) is 0 Å². The van der Waals surface area contributed by atoms with Crippen molar-refractivity contribution in [2.45, 2.75) is 61.0 Å². The molecule has 0 saturated carbocycles. The van der Waals surface area contributed by atoms with E-state index in [-0.39, 0.29) is 0 Å². The molecule has 1 N–H and O–H groups in total. The number of aliphatic hydroxyl groups excluding tert-OH is 1. The number of nitrogens with zero attached hydrogens (tertiary/aromatic N) is 1. The molecule has 1 heterocycles. The first-order chi connectivity index (χ1) is 7.65. The van der Waals surface area contributed by atoms with Crippen molar-refractivity contribution in [1.29, 1.82) is 0 Å². The van der Waals surface area contributed by atoms with Gasteiger partial charge in [-0.2, -0.15) is 0 Å². The second-order valence-corrected chi connectivity index (χ2v) is 3.12. The average Bonchev–Trinajstić information content (AvgIpc) is 2.36. The molecule has 0 aromatic carbocycles. The van der Waals surface area contributed by atoms with Gasteiger partial charge in [-0.1, -0.05) is 34.6 Å². The van der Waals surface area contributed by atoms with Gasteiger partial charge in [0.25, 0.3) is 0 Å². The molecule has 0 radical (unpaired) electrons. The minimum atomic E-state index is -0.413. The summed E-state index contributed by atoms with van der Waals surface area (Å²) in [6.07, 6.45) is 2.11. The predicted octanol–water partition coefficient (Wildman–Crippen LogP) is 4.19. The zero-order valence-electron chi connectivity index (χ0n) is 11.8. The lowest BCUT2D eigenvalue weighted by molar-refractivity contribution is 0.169. The minimum Gasteiger partial charge on any atom is -0.387 e. The molecule has 1 unspecified atom stereocenters. The van der Waals surface area contributed by atoms with E-state index in [0.29, 0.717) is 0 Å². The first kappa shape index (κ1) is 17.5. The van der Waals surface area contributed by atoms with Gasteiger partial charge in [-0.05, 0) is 37.5 Å². The summed E-state index contributed by atoms with van der Waals surface area (Å²) < 4.78 is 0. The Bertz CT molecular complexity index is 271.